The smallest absolute Gasteiger partial charge is 0.142 e. The van der Waals surface area contributed by atoms with Crippen molar-refractivity contribution in [1.29, 1.82) is 0 Å². The fourth-order valence-electron chi connectivity index (χ4n) is 2.34. The van der Waals surface area contributed by atoms with Crippen molar-refractivity contribution in [2.45, 2.75) is 19.9 Å². The van der Waals surface area contributed by atoms with Gasteiger partial charge < -0.3 is 14.4 Å². The van der Waals surface area contributed by atoms with Gasteiger partial charge in [-0.1, -0.05) is 24.3 Å². The molecule has 0 fully saturated rings. The van der Waals surface area contributed by atoms with Crippen LogP contribution >= 0.6 is 0 Å². The summed E-state index contributed by atoms with van der Waals surface area (Å²) in [5, 5.41) is 0. The zero-order valence-corrected chi connectivity index (χ0v) is 12.5. The predicted molar refractivity (Wildman–Crippen MR) is 83.3 cm³/mol. The summed E-state index contributed by atoms with van der Waals surface area (Å²) in [6.45, 7) is 4.30. The quantitative estimate of drug-likeness (QED) is 0.811. The van der Waals surface area contributed by atoms with Gasteiger partial charge in [0.25, 0.3) is 0 Å². The maximum Gasteiger partial charge on any atom is 0.142 e. The number of para-hydroxylation sites is 4. The van der Waals surface area contributed by atoms with E-state index in [1.807, 2.05) is 36.4 Å². The Morgan fingerprint density at radius 3 is 1.50 bits per heavy atom. The molecule has 0 amide bonds. The molecule has 3 nitrogen and oxygen atoms in total. The molecule has 2 aromatic carbocycles. The second-order valence-electron chi connectivity index (χ2n) is 4.81. The molecular formula is C17H21NO2. The molecule has 0 bridgehead atoms. The number of methoxy groups -OCH3 is 2. The molecule has 106 valence electrons. The molecule has 0 saturated heterocycles. The monoisotopic (exact) mass is 271 g/mol. The van der Waals surface area contributed by atoms with Gasteiger partial charge in [0.1, 0.15) is 11.5 Å². The summed E-state index contributed by atoms with van der Waals surface area (Å²) in [6.07, 6.45) is 0. The Hall–Kier alpha value is -2.16. The Morgan fingerprint density at radius 2 is 1.15 bits per heavy atom. The number of nitrogens with zero attached hydrogens (tertiary/aromatic N) is 1. The minimum atomic E-state index is 0.280. The van der Waals surface area contributed by atoms with Gasteiger partial charge in [-0.2, -0.15) is 0 Å². The molecule has 20 heavy (non-hydrogen) atoms. The van der Waals surface area contributed by atoms with Gasteiger partial charge >= 0.3 is 0 Å². The standard InChI is InChI=1S/C17H21NO2/c1-13(2)18(14-9-5-7-11-16(14)19-3)15-10-6-8-12-17(15)20-4/h5-13H,1-4H3. The van der Waals surface area contributed by atoms with E-state index in [-0.39, 0.29) is 6.04 Å². The lowest BCUT2D eigenvalue weighted by molar-refractivity contribution is 0.410. The zero-order valence-electron chi connectivity index (χ0n) is 12.5. The third kappa shape index (κ3) is 2.72. The van der Waals surface area contributed by atoms with Crippen molar-refractivity contribution in [1.82, 2.24) is 0 Å². The van der Waals surface area contributed by atoms with Crippen molar-refractivity contribution in [3.8, 4) is 11.5 Å². The molecule has 0 atom stereocenters. The highest BCUT2D eigenvalue weighted by molar-refractivity contribution is 5.74. The summed E-state index contributed by atoms with van der Waals surface area (Å²) < 4.78 is 11.0. The summed E-state index contributed by atoms with van der Waals surface area (Å²) in [5.74, 6) is 1.71. The number of ether oxygens (including phenoxy) is 2. The lowest BCUT2D eigenvalue weighted by Gasteiger charge is -2.31. The maximum absolute atomic E-state index is 5.49. The molecule has 0 heterocycles. The van der Waals surface area contributed by atoms with Gasteiger partial charge in [0, 0.05) is 6.04 Å². The molecule has 0 aliphatic heterocycles. The number of rotatable bonds is 5. The summed E-state index contributed by atoms with van der Waals surface area (Å²) in [5.41, 5.74) is 2.07. The first-order chi connectivity index (χ1) is 9.69. The van der Waals surface area contributed by atoms with Crippen LogP contribution < -0.4 is 14.4 Å². The molecule has 0 radical (unpaired) electrons. The van der Waals surface area contributed by atoms with Crippen molar-refractivity contribution >= 4 is 11.4 Å². The lowest BCUT2D eigenvalue weighted by atomic mass is 10.1. The molecule has 0 unspecified atom stereocenters. The molecular weight excluding hydrogens is 250 g/mol. The molecule has 3 heteroatoms. The molecule has 0 aliphatic carbocycles. The lowest BCUT2D eigenvalue weighted by Crippen LogP contribution is -2.26. The van der Waals surface area contributed by atoms with Crippen LogP contribution in [0, 0.1) is 0 Å². The Balaban J connectivity index is 2.57. The maximum atomic E-state index is 5.49. The third-order valence-electron chi connectivity index (χ3n) is 3.21. The van der Waals surface area contributed by atoms with E-state index in [2.05, 4.69) is 30.9 Å². The average Bonchev–Trinajstić information content (AvgIpc) is 2.48. The summed E-state index contributed by atoms with van der Waals surface area (Å²) in [4.78, 5) is 2.22. The Labute approximate surface area is 120 Å². The van der Waals surface area contributed by atoms with E-state index in [1.165, 1.54) is 0 Å². The Morgan fingerprint density at radius 1 is 0.750 bits per heavy atom. The van der Waals surface area contributed by atoms with E-state index < -0.39 is 0 Å². The first kappa shape index (κ1) is 14.3. The molecule has 0 aliphatic rings. The average molecular weight is 271 g/mol. The number of anilines is 2. The van der Waals surface area contributed by atoms with Crippen LogP contribution in [0.1, 0.15) is 13.8 Å². The summed E-state index contributed by atoms with van der Waals surface area (Å²) in [6, 6.07) is 16.3. The SMILES string of the molecule is COc1ccccc1N(c1ccccc1OC)C(C)C. The van der Waals surface area contributed by atoms with E-state index in [0.717, 1.165) is 22.9 Å². The molecule has 2 aromatic rings. The third-order valence-corrected chi connectivity index (χ3v) is 3.21. The number of hydrogen-bond donors (Lipinski definition) is 0. The van der Waals surface area contributed by atoms with Crippen molar-refractivity contribution < 1.29 is 9.47 Å². The van der Waals surface area contributed by atoms with Gasteiger partial charge in [0.05, 0.1) is 25.6 Å². The van der Waals surface area contributed by atoms with Crippen LogP contribution in [0.5, 0.6) is 11.5 Å². The van der Waals surface area contributed by atoms with Gasteiger partial charge in [-0.3, -0.25) is 0 Å². The van der Waals surface area contributed by atoms with E-state index >= 15 is 0 Å². The van der Waals surface area contributed by atoms with Crippen LogP contribution in [0.25, 0.3) is 0 Å². The van der Waals surface area contributed by atoms with Crippen LogP contribution in [0.3, 0.4) is 0 Å². The second kappa shape index (κ2) is 6.33. The fraction of sp³-hybridized carbons (Fsp3) is 0.294. The van der Waals surface area contributed by atoms with Crippen LogP contribution in [0.2, 0.25) is 0 Å². The van der Waals surface area contributed by atoms with Gasteiger partial charge in [-0.15, -0.1) is 0 Å². The Kier molecular flexibility index (Phi) is 4.51. The summed E-state index contributed by atoms with van der Waals surface area (Å²) in [7, 11) is 3.39. The topological polar surface area (TPSA) is 21.7 Å². The highest BCUT2D eigenvalue weighted by atomic mass is 16.5. The zero-order chi connectivity index (χ0) is 14.5. The van der Waals surface area contributed by atoms with Crippen LogP contribution in [0.4, 0.5) is 11.4 Å². The van der Waals surface area contributed by atoms with Gasteiger partial charge in [-0.05, 0) is 38.1 Å². The van der Waals surface area contributed by atoms with Crippen LogP contribution in [0.15, 0.2) is 48.5 Å². The molecule has 2 rings (SSSR count). The van der Waals surface area contributed by atoms with E-state index in [1.54, 1.807) is 14.2 Å². The Bertz CT molecular complexity index is 519. The fourth-order valence-corrected chi connectivity index (χ4v) is 2.34. The number of benzene rings is 2. The van der Waals surface area contributed by atoms with Crippen molar-refractivity contribution in [2.24, 2.45) is 0 Å². The van der Waals surface area contributed by atoms with Gasteiger partial charge in [0.2, 0.25) is 0 Å². The van der Waals surface area contributed by atoms with Crippen LogP contribution in [-0.2, 0) is 0 Å². The molecule has 0 saturated carbocycles. The van der Waals surface area contributed by atoms with Gasteiger partial charge in [-0.25, -0.2) is 0 Å². The normalized spacial score (nSPS) is 10.4. The van der Waals surface area contributed by atoms with Crippen molar-refractivity contribution in [2.75, 3.05) is 19.1 Å². The molecule has 0 spiro atoms. The molecule has 0 N–H and O–H groups in total. The van der Waals surface area contributed by atoms with Crippen molar-refractivity contribution in [3.05, 3.63) is 48.5 Å². The van der Waals surface area contributed by atoms with Gasteiger partial charge in [0.15, 0.2) is 0 Å². The highest BCUT2D eigenvalue weighted by Crippen LogP contribution is 2.39. The highest BCUT2D eigenvalue weighted by Gasteiger charge is 2.19. The van der Waals surface area contributed by atoms with Crippen molar-refractivity contribution in [3.63, 3.8) is 0 Å². The molecule has 0 aromatic heterocycles. The first-order valence-corrected chi connectivity index (χ1v) is 6.74. The van der Waals surface area contributed by atoms with E-state index in [9.17, 15) is 0 Å². The largest absolute Gasteiger partial charge is 0.495 e. The first-order valence-electron chi connectivity index (χ1n) is 6.74. The van der Waals surface area contributed by atoms with E-state index in [4.69, 9.17) is 9.47 Å². The predicted octanol–water partition coefficient (Wildman–Crippen LogP) is 4.25. The van der Waals surface area contributed by atoms with E-state index in [0.29, 0.717) is 0 Å². The second-order valence-corrected chi connectivity index (χ2v) is 4.81. The van der Waals surface area contributed by atoms with Crippen LogP contribution in [-0.4, -0.2) is 20.3 Å². The minimum absolute atomic E-state index is 0.280. The minimum Gasteiger partial charge on any atom is -0.495 e. The number of hydrogen-bond acceptors (Lipinski definition) is 3. The summed E-state index contributed by atoms with van der Waals surface area (Å²) >= 11 is 0.